The highest BCUT2D eigenvalue weighted by Crippen LogP contribution is 2.21. The fourth-order valence-corrected chi connectivity index (χ4v) is 2.13. The standard InChI is InChI=1S/C14H23NO4/c1-10(12(16)17)9-15-8-6-5-7-11(15)13(18)19-14(2,3)4/h11H,1,5-9H2,2-4H3,(H,16,17). The van der Waals surface area contributed by atoms with Gasteiger partial charge < -0.3 is 9.84 Å². The fourth-order valence-electron chi connectivity index (χ4n) is 2.13. The van der Waals surface area contributed by atoms with Gasteiger partial charge in [0.15, 0.2) is 0 Å². The van der Waals surface area contributed by atoms with Crippen molar-refractivity contribution in [1.82, 2.24) is 4.90 Å². The van der Waals surface area contributed by atoms with Crippen LogP contribution in [-0.2, 0) is 14.3 Å². The third kappa shape index (κ3) is 5.03. The molecule has 19 heavy (non-hydrogen) atoms. The Kier molecular flexibility index (Phi) is 5.11. The van der Waals surface area contributed by atoms with Gasteiger partial charge in [-0.05, 0) is 40.2 Å². The number of hydrogen-bond donors (Lipinski definition) is 1. The van der Waals surface area contributed by atoms with Crippen LogP contribution in [-0.4, -0.2) is 46.7 Å². The van der Waals surface area contributed by atoms with Gasteiger partial charge in [-0.3, -0.25) is 9.69 Å². The quantitative estimate of drug-likeness (QED) is 0.623. The predicted octanol–water partition coefficient (Wildman–Crippen LogP) is 1.82. The first-order valence-electron chi connectivity index (χ1n) is 6.58. The number of carboxylic acids is 1. The number of rotatable bonds is 4. The normalized spacial score (nSPS) is 20.9. The molecule has 0 bridgehead atoms. The molecule has 0 aromatic carbocycles. The van der Waals surface area contributed by atoms with Crippen LogP contribution in [0.5, 0.6) is 0 Å². The van der Waals surface area contributed by atoms with E-state index < -0.39 is 11.6 Å². The van der Waals surface area contributed by atoms with Crippen molar-refractivity contribution in [2.24, 2.45) is 0 Å². The van der Waals surface area contributed by atoms with Gasteiger partial charge in [0, 0.05) is 12.1 Å². The molecule has 1 saturated heterocycles. The minimum absolute atomic E-state index is 0.107. The lowest BCUT2D eigenvalue weighted by atomic mass is 10.0. The van der Waals surface area contributed by atoms with Crippen molar-refractivity contribution in [2.45, 2.75) is 51.7 Å². The number of piperidine rings is 1. The molecule has 1 unspecified atom stereocenters. The van der Waals surface area contributed by atoms with Gasteiger partial charge in [0.25, 0.3) is 0 Å². The van der Waals surface area contributed by atoms with E-state index in [9.17, 15) is 9.59 Å². The second kappa shape index (κ2) is 6.19. The van der Waals surface area contributed by atoms with Crippen molar-refractivity contribution in [3.63, 3.8) is 0 Å². The van der Waals surface area contributed by atoms with E-state index in [4.69, 9.17) is 9.84 Å². The van der Waals surface area contributed by atoms with Crippen LogP contribution in [0.4, 0.5) is 0 Å². The molecule has 1 aliphatic rings. The Morgan fingerprint density at radius 2 is 2.00 bits per heavy atom. The molecule has 5 nitrogen and oxygen atoms in total. The average molecular weight is 269 g/mol. The van der Waals surface area contributed by atoms with Crippen molar-refractivity contribution in [1.29, 1.82) is 0 Å². The molecule has 0 aromatic rings. The van der Waals surface area contributed by atoms with Crippen LogP contribution in [0.1, 0.15) is 40.0 Å². The molecule has 1 N–H and O–H groups in total. The number of likely N-dealkylation sites (tertiary alicyclic amines) is 1. The van der Waals surface area contributed by atoms with Gasteiger partial charge in [0.1, 0.15) is 11.6 Å². The zero-order valence-corrected chi connectivity index (χ0v) is 11.9. The van der Waals surface area contributed by atoms with E-state index in [2.05, 4.69) is 6.58 Å². The molecular formula is C14H23NO4. The first-order valence-corrected chi connectivity index (χ1v) is 6.58. The van der Waals surface area contributed by atoms with Gasteiger partial charge in [-0.2, -0.15) is 0 Å². The highest BCUT2D eigenvalue weighted by atomic mass is 16.6. The van der Waals surface area contributed by atoms with Gasteiger partial charge in [-0.25, -0.2) is 4.79 Å². The van der Waals surface area contributed by atoms with Crippen molar-refractivity contribution in [2.75, 3.05) is 13.1 Å². The van der Waals surface area contributed by atoms with E-state index in [0.717, 1.165) is 12.8 Å². The van der Waals surface area contributed by atoms with Gasteiger partial charge in [-0.15, -0.1) is 0 Å². The zero-order chi connectivity index (χ0) is 14.6. The number of ether oxygens (including phenoxy) is 1. The summed E-state index contributed by atoms with van der Waals surface area (Å²) in [6.45, 7) is 9.92. The van der Waals surface area contributed by atoms with Gasteiger partial charge in [0.2, 0.25) is 0 Å². The van der Waals surface area contributed by atoms with E-state index in [1.807, 2.05) is 25.7 Å². The molecule has 0 spiro atoms. The largest absolute Gasteiger partial charge is 0.478 e. The first-order chi connectivity index (χ1) is 8.70. The highest BCUT2D eigenvalue weighted by molar-refractivity contribution is 5.86. The molecule has 108 valence electrons. The summed E-state index contributed by atoms with van der Waals surface area (Å²) >= 11 is 0. The number of carbonyl (C=O) groups is 2. The Balaban J connectivity index is 2.69. The summed E-state index contributed by atoms with van der Waals surface area (Å²) in [4.78, 5) is 24.8. The molecule has 1 aliphatic heterocycles. The van der Waals surface area contributed by atoms with E-state index in [1.165, 1.54) is 0 Å². The lowest BCUT2D eigenvalue weighted by molar-refractivity contribution is -0.162. The fraction of sp³-hybridized carbons (Fsp3) is 0.714. The summed E-state index contributed by atoms with van der Waals surface area (Å²) in [5, 5.41) is 8.88. The van der Waals surface area contributed by atoms with Crippen LogP contribution in [0.3, 0.4) is 0 Å². The SMILES string of the molecule is C=C(CN1CCCCC1C(=O)OC(C)(C)C)C(=O)O. The monoisotopic (exact) mass is 269 g/mol. The molecule has 1 fully saturated rings. The molecule has 1 heterocycles. The Morgan fingerprint density at radius 3 is 2.53 bits per heavy atom. The third-order valence-electron chi connectivity index (χ3n) is 2.99. The van der Waals surface area contributed by atoms with Gasteiger partial charge in [-0.1, -0.05) is 13.0 Å². The van der Waals surface area contributed by atoms with Crippen molar-refractivity contribution in [3.8, 4) is 0 Å². The van der Waals surface area contributed by atoms with Crippen LogP contribution < -0.4 is 0 Å². The van der Waals surface area contributed by atoms with Crippen LogP contribution in [0.2, 0.25) is 0 Å². The van der Waals surface area contributed by atoms with E-state index in [0.29, 0.717) is 13.0 Å². The molecule has 0 aromatic heterocycles. The number of carbonyl (C=O) groups excluding carboxylic acids is 1. The summed E-state index contributed by atoms with van der Waals surface area (Å²) in [7, 11) is 0. The molecular weight excluding hydrogens is 246 g/mol. The summed E-state index contributed by atoms with van der Waals surface area (Å²) < 4.78 is 5.39. The smallest absolute Gasteiger partial charge is 0.332 e. The topological polar surface area (TPSA) is 66.8 Å². The maximum absolute atomic E-state index is 12.1. The van der Waals surface area contributed by atoms with E-state index in [1.54, 1.807) is 0 Å². The second-order valence-electron chi connectivity index (χ2n) is 5.92. The van der Waals surface area contributed by atoms with Crippen LogP contribution in [0.25, 0.3) is 0 Å². The third-order valence-corrected chi connectivity index (χ3v) is 2.99. The minimum Gasteiger partial charge on any atom is -0.478 e. The Labute approximate surface area is 114 Å². The van der Waals surface area contributed by atoms with Crippen LogP contribution in [0.15, 0.2) is 12.2 Å². The van der Waals surface area contributed by atoms with E-state index >= 15 is 0 Å². The Hall–Kier alpha value is -1.36. The number of nitrogens with zero attached hydrogens (tertiary/aromatic N) is 1. The minimum atomic E-state index is -1.02. The molecule has 5 heteroatoms. The first kappa shape index (κ1) is 15.7. The summed E-state index contributed by atoms with van der Waals surface area (Å²) in [5.74, 6) is -1.29. The molecule has 0 radical (unpaired) electrons. The van der Waals surface area contributed by atoms with Crippen molar-refractivity contribution < 1.29 is 19.4 Å². The molecule has 0 saturated carbocycles. The summed E-state index contributed by atoms with van der Waals surface area (Å²) in [5.41, 5.74) is -0.417. The maximum Gasteiger partial charge on any atom is 0.332 e. The lowest BCUT2D eigenvalue weighted by Gasteiger charge is -2.35. The molecule has 1 atom stereocenters. The molecule has 0 aliphatic carbocycles. The highest BCUT2D eigenvalue weighted by Gasteiger charge is 2.32. The summed E-state index contributed by atoms with van der Waals surface area (Å²) in [6, 6.07) is -0.357. The molecule has 1 rings (SSSR count). The summed E-state index contributed by atoms with van der Waals surface area (Å²) in [6.07, 6.45) is 2.63. The van der Waals surface area contributed by atoms with Crippen LogP contribution >= 0.6 is 0 Å². The zero-order valence-electron chi connectivity index (χ0n) is 11.9. The number of hydrogen-bond acceptors (Lipinski definition) is 4. The van der Waals surface area contributed by atoms with Gasteiger partial charge >= 0.3 is 11.9 Å². The number of aliphatic carboxylic acids is 1. The maximum atomic E-state index is 12.1. The Bertz CT molecular complexity index is 370. The second-order valence-corrected chi connectivity index (χ2v) is 5.92. The van der Waals surface area contributed by atoms with E-state index in [-0.39, 0.29) is 24.1 Å². The lowest BCUT2D eigenvalue weighted by Crippen LogP contribution is -2.48. The molecule has 0 amide bonds. The Morgan fingerprint density at radius 1 is 1.37 bits per heavy atom. The van der Waals surface area contributed by atoms with Crippen molar-refractivity contribution in [3.05, 3.63) is 12.2 Å². The average Bonchev–Trinajstić information content (AvgIpc) is 2.27. The number of carboxylic acid groups (broad SMARTS) is 1. The predicted molar refractivity (Wildman–Crippen MR) is 71.8 cm³/mol. The van der Waals surface area contributed by atoms with Gasteiger partial charge in [0.05, 0.1) is 0 Å². The van der Waals surface area contributed by atoms with Crippen LogP contribution in [0, 0.1) is 0 Å². The number of esters is 1. The van der Waals surface area contributed by atoms with Crippen molar-refractivity contribution >= 4 is 11.9 Å².